The number of benzene rings is 7. The van der Waals surface area contributed by atoms with Crippen molar-refractivity contribution in [2.45, 2.75) is 0 Å². The largest absolute Gasteiger partial charge is 0.341 e. The summed E-state index contributed by atoms with van der Waals surface area (Å²) >= 11 is 1.74. The standard InChI is InChI=1S/C45H33N5S/c1-47-35-14-4-8-18-39(35)49(40-19-9-5-15-36(40)47)32-27-28-33(30-23-25-31(26-24-30)45-46-34-13-3-12-22-44(34)51-45)43(29-32)50-41-20-10-6-16-37(41)48(2)38-17-7-11-21-42(38)50/h3-29H,1-2H3. The van der Waals surface area contributed by atoms with Gasteiger partial charge in [0.2, 0.25) is 0 Å². The third kappa shape index (κ3) is 4.64. The van der Waals surface area contributed by atoms with Crippen molar-refractivity contribution in [1.29, 1.82) is 0 Å². The topological polar surface area (TPSA) is 25.9 Å². The Morgan fingerprint density at radius 1 is 0.412 bits per heavy atom. The average molecular weight is 676 g/mol. The summed E-state index contributed by atoms with van der Waals surface area (Å²) < 4.78 is 1.20. The highest BCUT2D eigenvalue weighted by Crippen LogP contribution is 2.55. The molecule has 244 valence electrons. The Balaban J connectivity index is 1.19. The van der Waals surface area contributed by atoms with Gasteiger partial charge in [-0.15, -0.1) is 11.3 Å². The zero-order valence-corrected chi connectivity index (χ0v) is 29.0. The van der Waals surface area contributed by atoms with E-state index in [-0.39, 0.29) is 0 Å². The van der Waals surface area contributed by atoms with E-state index in [1.54, 1.807) is 11.3 Å². The van der Waals surface area contributed by atoms with Crippen LogP contribution in [0.1, 0.15) is 0 Å². The second kappa shape index (κ2) is 11.6. The third-order valence-corrected chi connectivity index (χ3v) is 11.2. The van der Waals surface area contributed by atoms with Crippen molar-refractivity contribution in [2.24, 2.45) is 0 Å². The first-order valence-corrected chi connectivity index (χ1v) is 18.0. The van der Waals surface area contributed by atoms with Crippen molar-refractivity contribution in [3.05, 3.63) is 164 Å². The van der Waals surface area contributed by atoms with Gasteiger partial charge in [0.25, 0.3) is 0 Å². The van der Waals surface area contributed by atoms with Gasteiger partial charge in [0.1, 0.15) is 5.01 Å². The van der Waals surface area contributed by atoms with Crippen LogP contribution in [0, 0.1) is 0 Å². The molecule has 51 heavy (non-hydrogen) atoms. The molecular weight excluding hydrogens is 643 g/mol. The molecule has 0 fully saturated rings. The summed E-state index contributed by atoms with van der Waals surface area (Å²) in [7, 11) is 4.31. The van der Waals surface area contributed by atoms with Crippen LogP contribution < -0.4 is 19.6 Å². The third-order valence-electron chi connectivity index (χ3n) is 10.2. The predicted molar refractivity (Wildman–Crippen MR) is 216 cm³/mol. The Kier molecular flexibility index (Phi) is 6.73. The minimum Gasteiger partial charge on any atom is -0.341 e. The van der Waals surface area contributed by atoms with Crippen molar-refractivity contribution in [3.63, 3.8) is 0 Å². The normalized spacial score (nSPS) is 13.1. The lowest BCUT2D eigenvalue weighted by atomic mass is 9.97. The molecule has 5 nitrogen and oxygen atoms in total. The summed E-state index contributed by atoms with van der Waals surface area (Å²) in [6.07, 6.45) is 0. The van der Waals surface area contributed by atoms with E-state index >= 15 is 0 Å². The maximum atomic E-state index is 4.94. The Hall–Kier alpha value is -6.37. The molecule has 0 saturated heterocycles. The van der Waals surface area contributed by atoms with E-state index in [0.29, 0.717) is 0 Å². The van der Waals surface area contributed by atoms with Gasteiger partial charge in [-0.05, 0) is 78.4 Å². The highest BCUT2D eigenvalue weighted by Gasteiger charge is 2.31. The molecule has 0 N–H and O–H groups in total. The van der Waals surface area contributed by atoms with Crippen molar-refractivity contribution < 1.29 is 0 Å². The van der Waals surface area contributed by atoms with Crippen LogP contribution in [0.4, 0.5) is 56.9 Å². The summed E-state index contributed by atoms with van der Waals surface area (Å²) in [4.78, 5) is 14.4. The lowest BCUT2D eigenvalue weighted by molar-refractivity contribution is 1.12. The van der Waals surface area contributed by atoms with Crippen LogP contribution in [-0.2, 0) is 0 Å². The minimum atomic E-state index is 1.03. The predicted octanol–water partition coefficient (Wildman–Crippen LogP) is 12.7. The molecule has 0 aliphatic carbocycles. The van der Waals surface area contributed by atoms with Crippen molar-refractivity contribution in [1.82, 2.24) is 4.98 Å². The first-order chi connectivity index (χ1) is 25.1. The number of hydrogen-bond donors (Lipinski definition) is 0. The molecule has 0 saturated carbocycles. The van der Waals surface area contributed by atoms with Gasteiger partial charge in [-0.25, -0.2) is 4.98 Å². The van der Waals surface area contributed by atoms with Gasteiger partial charge in [0.15, 0.2) is 0 Å². The van der Waals surface area contributed by atoms with Crippen LogP contribution in [0.25, 0.3) is 31.9 Å². The van der Waals surface area contributed by atoms with E-state index in [9.17, 15) is 0 Å². The zero-order chi connectivity index (χ0) is 34.1. The molecule has 0 amide bonds. The fraction of sp³-hybridized carbons (Fsp3) is 0.0444. The van der Waals surface area contributed by atoms with Crippen LogP contribution in [-0.4, -0.2) is 19.1 Å². The summed E-state index contributed by atoms with van der Waals surface area (Å²) in [6.45, 7) is 0. The molecule has 0 radical (unpaired) electrons. The summed E-state index contributed by atoms with van der Waals surface area (Å²) in [5.74, 6) is 0. The number of rotatable bonds is 4. The molecule has 2 aliphatic heterocycles. The van der Waals surface area contributed by atoms with Gasteiger partial charge >= 0.3 is 0 Å². The van der Waals surface area contributed by atoms with Crippen LogP contribution in [0.15, 0.2) is 164 Å². The quantitative estimate of drug-likeness (QED) is 0.185. The second-order valence-electron chi connectivity index (χ2n) is 13.0. The number of fused-ring (bicyclic) bond motifs is 5. The smallest absolute Gasteiger partial charge is 0.124 e. The first kappa shape index (κ1) is 29.5. The molecule has 3 heterocycles. The molecule has 0 spiro atoms. The Bertz CT molecular complexity index is 2480. The highest BCUT2D eigenvalue weighted by atomic mass is 32.1. The molecule has 0 unspecified atom stereocenters. The summed E-state index contributed by atoms with van der Waals surface area (Å²) in [5.41, 5.74) is 15.9. The Morgan fingerprint density at radius 2 is 0.863 bits per heavy atom. The number of hydrogen-bond acceptors (Lipinski definition) is 6. The van der Waals surface area contributed by atoms with Crippen LogP contribution in [0.5, 0.6) is 0 Å². The second-order valence-corrected chi connectivity index (χ2v) is 14.0. The van der Waals surface area contributed by atoms with E-state index in [0.717, 1.165) is 72.7 Å². The molecule has 2 aliphatic rings. The van der Waals surface area contributed by atoms with E-state index in [4.69, 9.17) is 4.98 Å². The fourth-order valence-corrected chi connectivity index (χ4v) is 8.65. The van der Waals surface area contributed by atoms with Crippen LogP contribution in [0.2, 0.25) is 0 Å². The van der Waals surface area contributed by atoms with Crippen molar-refractivity contribution in [3.8, 4) is 21.7 Å². The number of aromatic nitrogens is 1. The molecule has 1 aromatic heterocycles. The monoisotopic (exact) mass is 675 g/mol. The number of anilines is 10. The van der Waals surface area contributed by atoms with E-state index in [1.807, 2.05) is 6.07 Å². The van der Waals surface area contributed by atoms with Gasteiger partial charge in [0, 0.05) is 30.9 Å². The van der Waals surface area contributed by atoms with E-state index in [2.05, 4.69) is 191 Å². The van der Waals surface area contributed by atoms with Gasteiger partial charge in [-0.1, -0.05) is 91.0 Å². The maximum Gasteiger partial charge on any atom is 0.124 e. The first-order valence-electron chi connectivity index (χ1n) is 17.2. The fourth-order valence-electron chi connectivity index (χ4n) is 7.68. The van der Waals surface area contributed by atoms with Gasteiger partial charge in [-0.2, -0.15) is 0 Å². The number of para-hydroxylation sites is 9. The van der Waals surface area contributed by atoms with Crippen molar-refractivity contribution in [2.75, 3.05) is 33.7 Å². The van der Waals surface area contributed by atoms with E-state index < -0.39 is 0 Å². The summed E-state index contributed by atoms with van der Waals surface area (Å²) in [6, 6.07) is 58.9. The molecule has 8 aromatic rings. The molecule has 0 atom stereocenters. The molecular formula is C45H33N5S. The summed E-state index contributed by atoms with van der Waals surface area (Å²) in [5, 5.41) is 1.03. The highest BCUT2D eigenvalue weighted by molar-refractivity contribution is 7.21. The van der Waals surface area contributed by atoms with Crippen LogP contribution >= 0.6 is 11.3 Å². The van der Waals surface area contributed by atoms with E-state index in [1.165, 1.54) is 16.1 Å². The zero-order valence-electron chi connectivity index (χ0n) is 28.2. The Labute approximate surface area is 301 Å². The lowest BCUT2D eigenvalue weighted by Gasteiger charge is -2.41. The van der Waals surface area contributed by atoms with Gasteiger partial charge < -0.3 is 19.6 Å². The molecule has 0 bridgehead atoms. The molecule has 7 aromatic carbocycles. The van der Waals surface area contributed by atoms with Gasteiger partial charge in [0.05, 0.1) is 61.4 Å². The van der Waals surface area contributed by atoms with Crippen molar-refractivity contribution >= 4 is 78.4 Å². The van der Waals surface area contributed by atoms with Crippen LogP contribution in [0.3, 0.4) is 0 Å². The van der Waals surface area contributed by atoms with Gasteiger partial charge in [-0.3, -0.25) is 0 Å². The number of nitrogens with zero attached hydrogens (tertiary/aromatic N) is 5. The number of thiazole rings is 1. The Morgan fingerprint density at radius 3 is 1.39 bits per heavy atom. The minimum absolute atomic E-state index is 1.03. The lowest BCUT2D eigenvalue weighted by Crippen LogP contribution is -2.25. The maximum absolute atomic E-state index is 4.94. The SMILES string of the molecule is CN1c2ccccc2N(c2ccc(-c3ccc(-c4nc5ccccc5s4)cc3)c(N3c4ccccc4N(C)c4ccccc43)c2)c2ccccc21. The molecule has 6 heteroatoms. The average Bonchev–Trinajstić information content (AvgIpc) is 3.63. The molecule has 10 rings (SSSR count).